The predicted molar refractivity (Wildman–Crippen MR) is 144 cm³/mol. The monoisotopic (exact) mass is 492 g/mol. The second-order valence-corrected chi connectivity index (χ2v) is 9.23. The highest BCUT2D eigenvalue weighted by Crippen LogP contribution is 2.36. The lowest BCUT2D eigenvalue weighted by molar-refractivity contribution is 0.260. The van der Waals surface area contributed by atoms with E-state index in [9.17, 15) is 4.39 Å². The minimum atomic E-state index is -0.355. The smallest absolute Gasteiger partial charge is 0.127 e. The molecule has 7 nitrogen and oxygen atoms in total. The van der Waals surface area contributed by atoms with Gasteiger partial charge in [0.05, 0.1) is 22.9 Å². The molecule has 0 aliphatic rings. The summed E-state index contributed by atoms with van der Waals surface area (Å²) in [4.78, 5) is 14.0. The molecule has 0 aliphatic carbocycles. The Morgan fingerprint density at radius 2 is 1.70 bits per heavy atom. The molecule has 37 heavy (non-hydrogen) atoms. The van der Waals surface area contributed by atoms with Gasteiger partial charge in [0, 0.05) is 47.5 Å². The summed E-state index contributed by atoms with van der Waals surface area (Å²) in [6, 6.07) is 17.0. The molecular weight excluding hydrogens is 467 g/mol. The highest BCUT2D eigenvalue weighted by molar-refractivity contribution is 6.01. The lowest BCUT2D eigenvalue weighted by atomic mass is 10.0. The van der Waals surface area contributed by atoms with E-state index in [0.717, 1.165) is 56.4 Å². The number of pyridine rings is 2. The van der Waals surface area contributed by atoms with E-state index in [4.69, 9.17) is 4.74 Å². The molecule has 2 N–H and O–H groups in total. The van der Waals surface area contributed by atoms with Crippen molar-refractivity contribution in [2.45, 2.75) is 0 Å². The van der Waals surface area contributed by atoms with Gasteiger partial charge < -0.3 is 14.6 Å². The topological polar surface area (TPSA) is 82.7 Å². The average Bonchev–Trinajstić information content (AvgIpc) is 3.52. The van der Waals surface area contributed by atoms with E-state index in [2.05, 4.69) is 37.3 Å². The number of nitrogens with one attached hydrogen (secondary N) is 2. The second-order valence-electron chi connectivity index (χ2n) is 9.23. The maximum atomic E-state index is 14.5. The maximum Gasteiger partial charge on any atom is 0.127 e. The molecule has 0 radical (unpaired) electrons. The summed E-state index contributed by atoms with van der Waals surface area (Å²) < 4.78 is 20.3. The molecule has 0 bridgehead atoms. The van der Waals surface area contributed by atoms with Crippen molar-refractivity contribution in [3.05, 3.63) is 85.2 Å². The van der Waals surface area contributed by atoms with Gasteiger partial charge in [-0.1, -0.05) is 6.07 Å². The van der Waals surface area contributed by atoms with Gasteiger partial charge in [-0.05, 0) is 73.3 Å². The van der Waals surface area contributed by atoms with E-state index in [-0.39, 0.29) is 5.82 Å². The van der Waals surface area contributed by atoms with Gasteiger partial charge in [-0.3, -0.25) is 15.1 Å². The molecule has 0 fully saturated rings. The molecule has 0 saturated heterocycles. The van der Waals surface area contributed by atoms with Crippen molar-refractivity contribution in [3.63, 3.8) is 0 Å². The molecule has 0 atom stereocenters. The number of aromatic nitrogens is 5. The Kier molecular flexibility index (Phi) is 5.86. The van der Waals surface area contributed by atoms with Crippen molar-refractivity contribution in [2.75, 3.05) is 27.2 Å². The predicted octanol–water partition coefficient (Wildman–Crippen LogP) is 5.91. The minimum Gasteiger partial charge on any atom is -0.492 e. The molecule has 0 unspecified atom stereocenters. The zero-order valence-corrected chi connectivity index (χ0v) is 20.5. The van der Waals surface area contributed by atoms with Crippen molar-refractivity contribution in [1.82, 2.24) is 30.0 Å². The van der Waals surface area contributed by atoms with Gasteiger partial charge in [0.15, 0.2) is 0 Å². The van der Waals surface area contributed by atoms with Crippen LogP contribution in [-0.4, -0.2) is 57.3 Å². The number of ether oxygens (including phenoxy) is 1. The van der Waals surface area contributed by atoms with Crippen LogP contribution in [0.15, 0.2) is 79.4 Å². The molecule has 0 aliphatic heterocycles. The third kappa shape index (κ3) is 4.54. The molecule has 8 heteroatoms. The maximum absolute atomic E-state index is 14.5. The first-order valence-corrected chi connectivity index (χ1v) is 12.0. The van der Waals surface area contributed by atoms with E-state index in [1.54, 1.807) is 24.8 Å². The number of aromatic amines is 2. The van der Waals surface area contributed by atoms with Crippen LogP contribution in [0.3, 0.4) is 0 Å². The number of hydrogen-bond acceptors (Lipinski definition) is 5. The number of likely N-dealkylation sites (N-methyl/N-ethyl adjacent to an activating group) is 1. The van der Waals surface area contributed by atoms with Crippen LogP contribution in [0.1, 0.15) is 0 Å². The van der Waals surface area contributed by atoms with Crippen LogP contribution < -0.4 is 4.74 Å². The van der Waals surface area contributed by atoms with Gasteiger partial charge in [0.2, 0.25) is 0 Å². The van der Waals surface area contributed by atoms with Crippen molar-refractivity contribution in [3.8, 4) is 39.4 Å². The fraction of sp³-hybridized carbons (Fsp3) is 0.138. The highest BCUT2D eigenvalue weighted by atomic mass is 19.1. The van der Waals surface area contributed by atoms with Crippen LogP contribution in [0, 0.1) is 5.82 Å². The molecule has 4 aromatic heterocycles. The summed E-state index contributed by atoms with van der Waals surface area (Å²) in [7, 11) is 3.94. The average molecular weight is 493 g/mol. The number of fused-ring (bicyclic) bond motifs is 2. The number of benzene rings is 2. The Hall–Kier alpha value is -4.56. The highest BCUT2D eigenvalue weighted by Gasteiger charge is 2.15. The van der Waals surface area contributed by atoms with Crippen LogP contribution in [0.25, 0.3) is 55.4 Å². The van der Waals surface area contributed by atoms with Crippen molar-refractivity contribution >= 4 is 21.8 Å². The number of H-pyrrole nitrogens is 2. The van der Waals surface area contributed by atoms with E-state index in [1.807, 2.05) is 49.3 Å². The van der Waals surface area contributed by atoms with Gasteiger partial charge >= 0.3 is 0 Å². The minimum absolute atomic E-state index is 0.355. The first kappa shape index (κ1) is 22.9. The molecule has 6 rings (SSSR count). The third-order valence-corrected chi connectivity index (χ3v) is 6.37. The van der Waals surface area contributed by atoms with Crippen LogP contribution >= 0.6 is 0 Å². The van der Waals surface area contributed by atoms with E-state index >= 15 is 0 Å². The SMILES string of the molecule is CN(C)CCOc1cc(F)cc(-c2cncc3[nH]c(-c4n[nH]c5ccc(-c6ccncc6)cc45)cc23)c1. The molecule has 0 spiro atoms. The first-order chi connectivity index (χ1) is 18.0. The third-order valence-electron chi connectivity index (χ3n) is 6.37. The second kappa shape index (κ2) is 9.48. The zero-order valence-electron chi connectivity index (χ0n) is 20.5. The van der Waals surface area contributed by atoms with Crippen LogP contribution in [0.4, 0.5) is 4.39 Å². The quantitative estimate of drug-likeness (QED) is 0.289. The number of nitrogens with zero attached hydrogens (tertiary/aromatic N) is 4. The lowest BCUT2D eigenvalue weighted by Gasteiger charge is -2.12. The van der Waals surface area contributed by atoms with E-state index in [1.165, 1.54) is 12.1 Å². The molecule has 4 heterocycles. The summed E-state index contributed by atoms with van der Waals surface area (Å²) in [5.74, 6) is 0.138. The number of halogens is 1. The van der Waals surface area contributed by atoms with Gasteiger partial charge in [-0.2, -0.15) is 5.10 Å². The van der Waals surface area contributed by atoms with Gasteiger partial charge in [-0.25, -0.2) is 4.39 Å². The number of hydrogen-bond donors (Lipinski definition) is 2. The summed E-state index contributed by atoms with van der Waals surface area (Å²) in [5.41, 5.74) is 7.12. The lowest BCUT2D eigenvalue weighted by Crippen LogP contribution is -2.19. The Balaban J connectivity index is 1.41. The van der Waals surface area contributed by atoms with Gasteiger partial charge in [-0.15, -0.1) is 0 Å². The van der Waals surface area contributed by atoms with Crippen LogP contribution in [0.2, 0.25) is 0 Å². The number of rotatable bonds is 7. The Morgan fingerprint density at radius 3 is 2.54 bits per heavy atom. The summed E-state index contributed by atoms with van der Waals surface area (Å²) >= 11 is 0. The molecule has 0 amide bonds. The van der Waals surface area contributed by atoms with Crippen molar-refractivity contribution in [2.24, 2.45) is 0 Å². The normalized spacial score (nSPS) is 11.6. The van der Waals surface area contributed by atoms with Crippen LogP contribution in [0.5, 0.6) is 5.75 Å². The fourth-order valence-electron chi connectivity index (χ4n) is 4.50. The summed E-state index contributed by atoms with van der Waals surface area (Å²) in [5, 5.41) is 9.66. The fourth-order valence-corrected chi connectivity index (χ4v) is 4.50. The Labute approximate surface area is 213 Å². The van der Waals surface area contributed by atoms with E-state index in [0.29, 0.717) is 17.9 Å². The van der Waals surface area contributed by atoms with Crippen molar-refractivity contribution in [1.29, 1.82) is 0 Å². The molecule has 2 aromatic carbocycles. The first-order valence-electron chi connectivity index (χ1n) is 12.0. The Morgan fingerprint density at radius 1 is 0.838 bits per heavy atom. The molecule has 184 valence electrons. The largest absolute Gasteiger partial charge is 0.492 e. The van der Waals surface area contributed by atoms with Gasteiger partial charge in [0.1, 0.15) is 23.9 Å². The van der Waals surface area contributed by atoms with Crippen molar-refractivity contribution < 1.29 is 9.13 Å². The molecular formula is C29H25FN6O. The summed E-state index contributed by atoms with van der Waals surface area (Å²) in [6.45, 7) is 1.21. The zero-order chi connectivity index (χ0) is 25.4. The van der Waals surface area contributed by atoms with Gasteiger partial charge in [0.25, 0.3) is 0 Å². The summed E-state index contributed by atoms with van der Waals surface area (Å²) in [6.07, 6.45) is 7.09. The molecule has 0 saturated carbocycles. The Bertz CT molecular complexity index is 1710. The standard InChI is InChI=1S/C29H25FN6O/c1-36(2)9-10-37-22-12-20(11-21(30)14-22)25-16-32-17-28-23(25)15-27(33-28)29-24-13-19(3-4-26(24)34-35-29)18-5-7-31-8-6-18/h3-8,11-17,33H,9-10H2,1-2H3,(H,34,35). The van der Waals surface area contributed by atoms with Crippen LogP contribution in [-0.2, 0) is 0 Å². The molecule has 6 aromatic rings. The van der Waals surface area contributed by atoms with E-state index < -0.39 is 0 Å².